The minimum Gasteiger partial charge on any atom is -0.391 e. The lowest BCUT2D eigenvalue weighted by atomic mass is 9.81. The number of benzene rings is 2. The predicted octanol–water partition coefficient (Wildman–Crippen LogP) is 5.10. The van der Waals surface area contributed by atoms with E-state index in [0.29, 0.717) is 31.6 Å². The number of carbonyl (C=O) groups excluding carboxylic acids is 1. The minimum atomic E-state index is -0.887. The van der Waals surface area contributed by atoms with Gasteiger partial charge in [-0.25, -0.2) is 4.39 Å². The number of aliphatic hydroxyl groups excluding tert-OH is 1. The van der Waals surface area contributed by atoms with Gasteiger partial charge in [0.25, 0.3) is 5.91 Å². The normalized spacial score (nSPS) is 23.1. The van der Waals surface area contributed by atoms with Gasteiger partial charge in [0, 0.05) is 25.2 Å². The number of rotatable bonds is 7. The van der Waals surface area contributed by atoms with Gasteiger partial charge in [0.1, 0.15) is 5.67 Å². The first kappa shape index (κ1) is 23.5. The second-order valence-electron chi connectivity index (χ2n) is 10.7. The lowest BCUT2D eigenvalue weighted by Crippen LogP contribution is -2.47. The number of hydrogen-bond acceptors (Lipinski definition) is 3. The average Bonchev–Trinajstić information content (AvgIpc) is 3.29. The van der Waals surface area contributed by atoms with E-state index < -0.39 is 11.8 Å². The topological polar surface area (TPSA) is 43.8 Å². The summed E-state index contributed by atoms with van der Waals surface area (Å²) in [5.41, 5.74) is 3.41. The quantitative estimate of drug-likeness (QED) is 0.620. The van der Waals surface area contributed by atoms with Gasteiger partial charge >= 0.3 is 0 Å². The summed E-state index contributed by atoms with van der Waals surface area (Å²) in [6.07, 6.45) is 7.52. The van der Waals surface area contributed by atoms with Crippen LogP contribution in [0.25, 0.3) is 11.1 Å². The van der Waals surface area contributed by atoms with Crippen molar-refractivity contribution in [3.8, 4) is 11.1 Å². The summed E-state index contributed by atoms with van der Waals surface area (Å²) < 4.78 is 14.4. The van der Waals surface area contributed by atoms with Crippen molar-refractivity contribution in [1.82, 2.24) is 9.80 Å². The SMILES string of the molecule is O=C(c1ccc(-c2ccc(CCC3CCN(CC4(F)CCC4)CC3)cc2)cc1)N1CCC(O)C1. The molecule has 5 rings (SSSR count). The number of aryl methyl sites for hydroxylation is 1. The van der Waals surface area contributed by atoms with Crippen molar-refractivity contribution in [3.63, 3.8) is 0 Å². The Labute approximate surface area is 202 Å². The molecule has 3 fully saturated rings. The maximum absolute atomic E-state index is 14.4. The number of amides is 1. The number of hydrogen-bond donors (Lipinski definition) is 1. The number of β-amino-alcohol motifs (C(OH)–C–C–N with tert-alkyl or cyclic N) is 1. The highest BCUT2D eigenvalue weighted by molar-refractivity contribution is 5.95. The number of nitrogens with zero attached hydrogens (tertiary/aromatic N) is 2. The molecular formula is C29H37FN2O2. The van der Waals surface area contributed by atoms with E-state index in [1.54, 1.807) is 4.90 Å². The van der Waals surface area contributed by atoms with Crippen LogP contribution < -0.4 is 0 Å². The Hall–Kier alpha value is -2.24. The van der Waals surface area contributed by atoms with Crippen molar-refractivity contribution in [1.29, 1.82) is 0 Å². The molecule has 4 nitrogen and oxygen atoms in total. The highest BCUT2D eigenvalue weighted by Gasteiger charge is 2.39. The molecule has 2 heterocycles. The molecule has 1 unspecified atom stereocenters. The molecule has 0 radical (unpaired) electrons. The molecule has 0 bridgehead atoms. The third-order valence-electron chi connectivity index (χ3n) is 8.17. The monoisotopic (exact) mass is 464 g/mol. The second kappa shape index (κ2) is 10.2. The summed E-state index contributed by atoms with van der Waals surface area (Å²) in [6, 6.07) is 16.6. The molecule has 182 valence electrons. The Balaban J connectivity index is 1.09. The second-order valence-corrected chi connectivity index (χ2v) is 10.7. The summed E-state index contributed by atoms with van der Waals surface area (Å²) in [5, 5.41) is 9.67. The summed E-state index contributed by atoms with van der Waals surface area (Å²) in [6.45, 7) is 3.80. The highest BCUT2D eigenvalue weighted by Crippen LogP contribution is 2.37. The summed E-state index contributed by atoms with van der Waals surface area (Å²) >= 11 is 0. The first-order valence-corrected chi connectivity index (χ1v) is 13.1. The number of aliphatic hydroxyl groups is 1. The molecule has 2 aromatic rings. The van der Waals surface area contributed by atoms with E-state index in [9.17, 15) is 14.3 Å². The van der Waals surface area contributed by atoms with E-state index in [0.717, 1.165) is 55.8 Å². The van der Waals surface area contributed by atoms with Gasteiger partial charge in [-0.2, -0.15) is 0 Å². The molecule has 34 heavy (non-hydrogen) atoms. The maximum Gasteiger partial charge on any atom is 0.253 e. The molecule has 3 aliphatic rings. The number of alkyl halides is 1. The van der Waals surface area contributed by atoms with Crippen LogP contribution in [0.4, 0.5) is 4.39 Å². The van der Waals surface area contributed by atoms with Crippen LogP contribution in [-0.2, 0) is 6.42 Å². The zero-order chi connectivity index (χ0) is 23.5. The maximum atomic E-state index is 14.4. The molecule has 1 atom stereocenters. The van der Waals surface area contributed by atoms with Gasteiger partial charge in [0.15, 0.2) is 0 Å². The minimum absolute atomic E-state index is 0.00322. The number of halogens is 1. The largest absolute Gasteiger partial charge is 0.391 e. The van der Waals surface area contributed by atoms with E-state index in [1.807, 2.05) is 24.3 Å². The molecule has 1 N–H and O–H groups in total. The Morgan fingerprint density at radius 1 is 0.941 bits per heavy atom. The lowest BCUT2D eigenvalue weighted by molar-refractivity contribution is 0.00964. The zero-order valence-electron chi connectivity index (χ0n) is 20.1. The third-order valence-corrected chi connectivity index (χ3v) is 8.17. The van der Waals surface area contributed by atoms with Gasteiger partial charge in [-0.05, 0) is 99.2 Å². The first-order valence-electron chi connectivity index (χ1n) is 13.1. The fourth-order valence-electron chi connectivity index (χ4n) is 5.70. The van der Waals surface area contributed by atoms with Gasteiger partial charge in [-0.15, -0.1) is 0 Å². The van der Waals surface area contributed by atoms with E-state index >= 15 is 0 Å². The van der Waals surface area contributed by atoms with Gasteiger partial charge in [0.2, 0.25) is 0 Å². The van der Waals surface area contributed by atoms with Gasteiger partial charge in [0.05, 0.1) is 6.10 Å². The number of likely N-dealkylation sites (tertiary alicyclic amines) is 2. The standard InChI is InChI=1S/C29H37FN2O2/c30-29(15-1-16-29)21-31-17-12-23(13-18-31)3-2-22-4-6-24(7-5-22)25-8-10-26(11-9-25)28(34)32-19-14-27(33)20-32/h4-11,23,27,33H,1-3,12-21H2. The third kappa shape index (κ3) is 5.52. The van der Waals surface area contributed by atoms with Crippen LogP contribution in [0.2, 0.25) is 0 Å². The molecule has 0 aromatic heterocycles. The van der Waals surface area contributed by atoms with Crippen LogP contribution in [-0.4, -0.2) is 65.3 Å². The van der Waals surface area contributed by atoms with Gasteiger partial charge in [-0.3, -0.25) is 4.79 Å². The Bertz CT molecular complexity index is 963. The smallest absolute Gasteiger partial charge is 0.253 e. The van der Waals surface area contributed by atoms with Crippen LogP contribution in [0, 0.1) is 5.92 Å². The first-order chi connectivity index (χ1) is 16.5. The summed E-state index contributed by atoms with van der Waals surface area (Å²) in [7, 11) is 0. The lowest BCUT2D eigenvalue weighted by Gasteiger charge is -2.41. The van der Waals surface area contributed by atoms with Crippen molar-refractivity contribution in [2.24, 2.45) is 5.92 Å². The Morgan fingerprint density at radius 3 is 2.15 bits per heavy atom. The zero-order valence-corrected chi connectivity index (χ0v) is 20.1. The molecule has 1 aliphatic carbocycles. The van der Waals surface area contributed by atoms with Crippen molar-refractivity contribution < 1.29 is 14.3 Å². The Kier molecular flexibility index (Phi) is 7.03. The molecule has 1 amide bonds. The van der Waals surface area contributed by atoms with Crippen LogP contribution in [0.15, 0.2) is 48.5 Å². The van der Waals surface area contributed by atoms with E-state index in [4.69, 9.17) is 0 Å². The van der Waals surface area contributed by atoms with E-state index in [-0.39, 0.29) is 5.91 Å². The van der Waals surface area contributed by atoms with Gasteiger partial charge in [-0.1, -0.05) is 36.4 Å². The number of carbonyl (C=O) groups is 1. The van der Waals surface area contributed by atoms with Crippen molar-refractivity contribution >= 4 is 5.91 Å². The molecule has 2 aliphatic heterocycles. The Morgan fingerprint density at radius 2 is 1.59 bits per heavy atom. The summed E-state index contributed by atoms with van der Waals surface area (Å²) in [5.74, 6) is 0.742. The highest BCUT2D eigenvalue weighted by atomic mass is 19.1. The predicted molar refractivity (Wildman–Crippen MR) is 134 cm³/mol. The molecule has 2 saturated heterocycles. The fraction of sp³-hybridized carbons (Fsp3) is 0.552. The molecule has 1 saturated carbocycles. The average molecular weight is 465 g/mol. The molecule has 2 aromatic carbocycles. The number of piperidine rings is 1. The molecule has 5 heteroatoms. The van der Waals surface area contributed by atoms with E-state index in [2.05, 4.69) is 29.2 Å². The fourth-order valence-corrected chi connectivity index (χ4v) is 5.70. The summed E-state index contributed by atoms with van der Waals surface area (Å²) in [4.78, 5) is 16.6. The van der Waals surface area contributed by atoms with Crippen LogP contribution in [0.5, 0.6) is 0 Å². The van der Waals surface area contributed by atoms with Crippen molar-refractivity contribution in [3.05, 3.63) is 59.7 Å². The van der Waals surface area contributed by atoms with Crippen LogP contribution in [0.1, 0.15) is 60.9 Å². The van der Waals surface area contributed by atoms with E-state index in [1.165, 1.54) is 24.8 Å². The van der Waals surface area contributed by atoms with Crippen molar-refractivity contribution in [2.45, 2.75) is 63.1 Å². The molecular weight excluding hydrogens is 427 g/mol. The molecule has 0 spiro atoms. The van der Waals surface area contributed by atoms with Crippen LogP contribution in [0.3, 0.4) is 0 Å². The van der Waals surface area contributed by atoms with Crippen LogP contribution >= 0.6 is 0 Å². The van der Waals surface area contributed by atoms with Crippen molar-refractivity contribution in [2.75, 3.05) is 32.7 Å². The van der Waals surface area contributed by atoms with Gasteiger partial charge < -0.3 is 14.9 Å².